The molecular weight excluding hydrogens is 543 g/mol. The molecule has 4 aromatic rings. The molecule has 7 heteroatoms. The van der Waals surface area contributed by atoms with Crippen molar-refractivity contribution >= 4 is 40.6 Å². The number of halogens is 2. The minimum absolute atomic E-state index is 0.00250. The molecule has 0 aliphatic carbocycles. The molecule has 0 bridgehead atoms. The van der Waals surface area contributed by atoms with Crippen LogP contribution < -0.4 is 9.64 Å². The quantitative estimate of drug-likeness (QED) is 0.207. The summed E-state index contributed by atoms with van der Waals surface area (Å²) in [7, 11) is 1.62. The second-order valence-corrected chi connectivity index (χ2v) is 11.4. The van der Waals surface area contributed by atoms with Crippen LogP contribution in [0.4, 0.5) is 5.69 Å². The average molecular weight is 576 g/mol. The first-order valence-electron chi connectivity index (χ1n) is 13.4. The van der Waals surface area contributed by atoms with Crippen molar-refractivity contribution < 1.29 is 14.3 Å². The van der Waals surface area contributed by atoms with Gasteiger partial charge in [-0.3, -0.25) is 14.5 Å². The van der Waals surface area contributed by atoms with Gasteiger partial charge < -0.3 is 9.30 Å². The SMILES string of the molecule is CCC(=O)c1ccc(OC)c(-c2cc3c(n2C(C)C)C(c2ccc(Cl)cc2C)N(c2cc(Cl)ccc2C)C3=O)c1. The topological polar surface area (TPSA) is 51.5 Å². The van der Waals surface area contributed by atoms with Crippen molar-refractivity contribution in [2.75, 3.05) is 12.0 Å². The minimum Gasteiger partial charge on any atom is -0.496 e. The number of hydrogen-bond donors (Lipinski definition) is 0. The van der Waals surface area contributed by atoms with Crippen LogP contribution in [0.5, 0.6) is 5.75 Å². The van der Waals surface area contributed by atoms with Crippen LogP contribution in [0.3, 0.4) is 0 Å². The maximum absolute atomic E-state index is 14.4. The summed E-state index contributed by atoms with van der Waals surface area (Å²) in [6.45, 7) is 10.0. The third-order valence-corrected chi connectivity index (χ3v) is 8.10. The molecule has 2 heterocycles. The molecule has 0 radical (unpaired) electrons. The highest BCUT2D eigenvalue weighted by Gasteiger charge is 2.44. The van der Waals surface area contributed by atoms with E-state index in [2.05, 4.69) is 18.4 Å². The van der Waals surface area contributed by atoms with Crippen LogP contribution in [-0.4, -0.2) is 23.4 Å². The Hall–Kier alpha value is -3.54. The summed E-state index contributed by atoms with van der Waals surface area (Å²) < 4.78 is 7.94. The second-order valence-electron chi connectivity index (χ2n) is 10.5. The smallest absolute Gasteiger partial charge is 0.261 e. The predicted octanol–water partition coefficient (Wildman–Crippen LogP) is 9.01. The van der Waals surface area contributed by atoms with Gasteiger partial charge in [0.25, 0.3) is 5.91 Å². The Kier molecular flexibility index (Phi) is 7.56. The number of rotatable bonds is 7. The molecule has 5 rings (SSSR count). The number of ether oxygens (including phenoxy) is 1. The zero-order chi connectivity index (χ0) is 28.9. The number of methoxy groups -OCH3 is 1. The first-order chi connectivity index (χ1) is 19.1. The normalized spacial score (nSPS) is 14.7. The molecule has 0 saturated carbocycles. The lowest BCUT2D eigenvalue weighted by atomic mass is 9.97. The molecule has 1 amide bonds. The van der Waals surface area contributed by atoms with Gasteiger partial charge in [0.1, 0.15) is 11.8 Å². The Balaban J connectivity index is 1.83. The maximum atomic E-state index is 14.4. The van der Waals surface area contributed by atoms with Crippen LogP contribution >= 0.6 is 23.2 Å². The highest BCUT2D eigenvalue weighted by atomic mass is 35.5. The summed E-state index contributed by atoms with van der Waals surface area (Å²) in [6.07, 6.45) is 0.401. The summed E-state index contributed by atoms with van der Waals surface area (Å²) in [4.78, 5) is 28.9. The number of ketones is 1. The van der Waals surface area contributed by atoms with Gasteiger partial charge in [-0.1, -0.05) is 42.3 Å². The molecule has 0 saturated heterocycles. The molecule has 1 unspecified atom stereocenters. The van der Waals surface area contributed by atoms with Crippen molar-refractivity contribution in [3.63, 3.8) is 0 Å². The van der Waals surface area contributed by atoms with E-state index in [0.29, 0.717) is 33.3 Å². The minimum atomic E-state index is -0.417. The van der Waals surface area contributed by atoms with E-state index >= 15 is 0 Å². The molecule has 1 aliphatic rings. The number of aryl methyl sites for hydroxylation is 2. The molecule has 0 fully saturated rings. The molecule has 1 aromatic heterocycles. The number of amides is 1. The number of carbonyl (C=O) groups is 2. The van der Waals surface area contributed by atoms with Crippen molar-refractivity contribution in [2.24, 2.45) is 0 Å². The van der Waals surface area contributed by atoms with Gasteiger partial charge >= 0.3 is 0 Å². The lowest BCUT2D eigenvalue weighted by Crippen LogP contribution is -2.31. The van der Waals surface area contributed by atoms with Gasteiger partial charge in [-0.2, -0.15) is 0 Å². The number of Topliss-reactive ketones (excluding diaryl/α,β-unsaturated/α-hetero) is 1. The molecule has 1 aliphatic heterocycles. The molecule has 0 N–H and O–H groups in total. The van der Waals surface area contributed by atoms with Crippen molar-refractivity contribution in [1.82, 2.24) is 4.57 Å². The summed E-state index contributed by atoms with van der Waals surface area (Å²) >= 11 is 12.8. The second kappa shape index (κ2) is 10.8. The van der Waals surface area contributed by atoms with Crippen LogP contribution in [0, 0.1) is 13.8 Å². The van der Waals surface area contributed by atoms with Crippen LogP contribution in [0.25, 0.3) is 11.3 Å². The third-order valence-electron chi connectivity index (χ3n) is 7.63. The van der Waals surface area contributed by atoms with Crippen molar-refractivity contribution in [3.8, 4) is 17.0 Å². The van der Waals surface area contributed by atoms with E-state index in [1.54, 1.807) is 13.2 Å². The summed E-state index contributed by atoms with van der Waals surface area (Å²) in [5.41, 5.74) is 7.37. The fraction of sp³-hybridized carbons (Fsp3) is 0.273. The standard InChI is InChI=1S/C33H32Cl2N2O3/c1-7-29(38)21-9-13-30(40-6)25(15-21)28-17-26-32(36(28)18(2)3)31(24-12-11-22(34)14-20(24)5)37(33(26)39)27-16-23(35)10-8-19(27)4/h8-18,31H,7H2,1-6H3. The van der Waals surface area contributed by atoms with E-state index in [0.717, 1.165) is 39.3 Å². The lowest BCUT2D eigenvalue weighted by Gasteiger charge is -2.31. The Morgan fingerprint density at radius 2 is 1.62 bits per heavy atom. The number of benzene rings is 3. The fourth-order valence-corrected chi connectivity index (χ4v) is 6.12. The number of carbonyl (C=O) groups excluding carboxylic acids is 2. The van der Waals surface area contributed by atoms with Crippen LogP contribution in [0.1, 0.15) is 82.4 Å². The number of aromatic nitrogens is 1. The van der Waals surface area contributed by atoms with E-state index in [9.17, 15) is 9.59 Å². The summed E-state index contributed by atoms with van der Waals surface area (Å²) in [5, 5.41) is 1.20. The monoisotopic (exact) mass is 574 g/mol. The molecular formula is C33H32Cl2N2O3. The Morgan fingerprint density at radius 3 is 2.27 bits per heavy atom. The highest BCUT2D eigenvalue weighted by molar-refractivity contribution is 6.31. The van der Waals surface area contributed by atoms with Crippen LogP contribution in [0.2, 0.25) is 10.0 Å². The van der Waals surface area contributed by atoms with Gasteiger partial charge in [-0.05, 0) is 92.9 Å². The fourth-order valence-electron chi connectivity index (χ4n) is 5.73. The Bertz CT molecular complexity index is 1650. The van der Waals surface area contributed by atoms with E-state index in [-0.39, 0.29) is 17.7 Å². The molecule has 5 nitrogen and oxygen atoms in total. The first kappa shape index (κ1) is 28.0. The number of fused-ring (bicyclic) bond motifs is 1. The molecule has 1 atom stereocenters. The van der Waals surface area contributed by atoms with Gasteiger partial charge in [0, 0.05) is 39.3 Å². The van der Waals surface area contributed by atoms with Crippen molar-refractivity contribution in [2.45, 2.75) is 53.1 Å². The highest BCUT2D eigenvalue weighted by Crippen LogP contribution is 2.49. The number of nitrogens with zero attached hydrogens (tertiary/aromatic N) is 2. The van der Waals surface area contributed by atoms with Gasteiger partial charge in [0.2, 0.25) is 0 Å². The maximum Gasteiger partial charge on any atom is 0.261 e. The van der Waals surface area contributed by atoms with Gasteiger partial charge in [-0.15, -0.1) is 0 Å². The number of hydrogen-bond acceptors (Lipinski definition) is 3. The summed E-state index contributed by atoms with van der Waals surface area (Å²) in [6, 6.07) is 18.4. The molecule has 3 aromatic carbocycles. The van der Waals surface area contributed by atoms with Crippen LogP contribution in [-0.2, 0) is 0 Å². The third kappa shape index (κ3) is 4.61. The van der Waals surface area contributed by atoms with E-state index in [4.69, 9.17) is 27.9 Å². The zero-order valence-electron chi connectivity index (χ0n) is 23.5. The average Bonchev–Trinajstić information content (AvgIpc) is 3.44. The zero-order valence-corrected chi connectivity index (χ0v) is 25.0. The van der Waals surface area contributed by atoms with E-state index in [1.807, 2.05) is 80.3 Å². The Labute approximate surface area is 245 Å². The van der Waals surface area contributed by atoms with Crippen molar-refractivity contribution in [3.05, 3.63) is 104 Å². The summed E-state index contributed by atoms with van der Waals surface area (Å²) in [5.74, 6) is 0.576. The first-order valence-corrected chi connectivity index (χ1v) is 14.1. The van der Waals surface area contributed by atoms with Gasteiger partial charge in [-0.25, -0.2) is 0 Å². The van der Waals surface area contributed by atoms with Gasteiger partial charge in [0.05, 0.1) is 24.1 Å². The predicted molar refractivity (Wildman–Crippen MR) is 162 cm³/mol. The van der Waals surface area contributed by atoms with E-state index in [1.165, 1.54) is 0 Å². The molecule has 40 heavy (non-hydrogen) atoms. The lowest BCUT2D eigenvalue weighted by molar-refractivity contribution is 0.0982. The largest absolute Gasteiger partial charge is 0.496 e. The Morgan fingerprint density at radius 1 is 0.925 bits per heavy atom. The van der Waals surface area contributed by atoms with Crippen LogP contribution in [0.15, 0.2) is 60.7 Å². The van der Waals surface area contributed by atoms with E-state index < -0.39 is 6.04 Å². The van der Waals surface area contributed by atoms with Crippen molar-refractivity contribution in [1.29, 1.82) is 0 Å². The number of anilines is 1. The molecule has 0 spiro atoms. The molecule has 206 valence electrons. The van der Waals surface area contributed by atoms with Gasteiger partial charge in [0.15, 0.2) is 5.78 Å².